The van der Waals surface area contributed by atoms with E-state index in [9.17, 15) is 0 Å². The second-order valence-corrected chi connectivity index (χ2v) is 3.61. The number of hydrogen-bond donors (Lipinski definition) is 1. The van der Waals surface area contributed by atoms with Crippen molar-refractivity contribution in [1.29, 1.82) is 0 Å². The molecule has 0 aliphatic rings. The molecule has 1 heterocycles. The van der Waals surface area contributed by atoms with Crippen LogP contribution in [-0.4, -0.2) is 12.1 Å². The molecule has 0 aliphatic heterocycles. The van der Waals surface area contributed by atoms with Crippen molar-refractivity contribution in [2.45, 2.75) is 6.61 Å². The molecule has 0 fully saturated rings. The van der Waals surface area contributed by atoms with E-state index < -0.39 is 0 Å². The Morgan fingerprint density at radius 2 is 2.12 bits per heavy atom. The standard InChI is InChI=1S/C13H14N2O2/c1-16-9-10-3-2-4-12(7-10)17-13-8-11(14)5-6-15-13/h2-8H,9H2,1H3,(H2,14,15). The highest BCUT2D eigenvalue weighted by Gasteiger charge is 2.00. The summed E-state index contributed by atoms with van der Waals surface area (Å²) in [4.78, 5) is 4.08. The van der Waals surface area contributed by atoms with Gasteiger partial charge < -0.3 is 15.2 Å². The second kappa shape index (κ2) is 5.32. The van der Waals surface area contributed by atoms with Crippen molar-refractivity contribution in [2.24, 2.45) is 0 Å². The van der Waals surface area contributed by atoms with E-state index in [1.165, 1.54) is 0 Å². The lowest BCUT2D eigenvalue weighted by Gasteiger charge is -2.06. The van der Waals surface area contributed by atoms with E-state index in [1.54, 1.807) is 25.4 Å². The Balaban J connectivity index is 2.15. The van der Waals surface area contributed by atoms with Crippen LogP contribution in [0.15, 0.2) is 42.6 Å². The van der Waals surface area contributed by atoms with Crippen molar-refractivity contribution in [3.63, 3.8) is 0 Å². The molecular weight excluding hydrogens is 216 g/mol. The predicted molar refractivity (Wildman–Crippen MR) is 65.9 cm³/mol. The second-order valence-electron chi connectivity index (χ2n) is 3.61. The first-order valence-electron chi connectivity index (χ1n) is 5.25. The fraction of sp³-hybridized carbons (Fsp3) is 0.154. The molecule has 1 aromatic carbocycles. The minimum atomic E-state index is 0.486. The lowest BCUT2D eigenvalue weighted by atomic mass is 10.2. The van der Waals surface area contributed by atoms with Crippen molar-refractivity contribution in [1.82, 2.24) is 4.98 Å². The Morgan fingerprint density at radius 3 is 2.88 bits per heavy atom. The summed E-state index contributed by atoms with van der Waals surface area (Å²) in [5, 5.41) is 0. The smallest absolute Gasteiger partial charge is 0.221 e. The van der Waals surface area contributed by atoms with E-state index in [2.05, 4.69) is 4.98 Å². The predicted octanol–water partition coefficient (Wildman–Crippen LogP) is 2.60. The number of hydrogen-bond acceptors (Lipinski definition) is 4. The Labute approximate surface area is 100 Å². The van der Waals surface area contributed by atoms with Crippen LogP contribution in [-0.2, 0) is 11.3 Å². The third-order valence-electron chi connectivity index (χ3n) is 2.19. The lowest BCUT2D eigenvalue weighted by molar-refractivity contribution is 0.184. The van der Waals surface area contributed by atoms with Crippen LogP contribution in [0.2, 0.25) is 0 Å². The van der Waals surface area contributed by atoms with Gasteiger partial charge in [-0.15, -0.1) is 0 Å². The lowest BCUT2D eigenvalue weighted by Crippen LogP contribution is -1.92. The van der Waals surface area contributed by atoms with Gasteiger partial charge in [0.15, 0.2) is 0 Å². The molecule has 0 saturated heterocycles. The van der Waals surface area contributed by atoms with Crippen LogP contribution >= 0.6 is 0 Å². The highest BCUT2D eigenvalue weighted by atomic mass is 16.5. The van der Waals surface area contributed by atoms with Crippen molar-refractivity contribution < 1.29 is 9.47 Å². The Hall–Kier alpha value is -2.07. The Kier molecular flexibility index (Phi) is 3.57. The molecule has 4 heteroatoms. The largest absolute Gasteiger partial charge is 0.439 e. The topological polar surface area (TPSA) is 57.4 Å². The van der Waals surface area contributed by atoms with Crippen LogP contribution in [0.4, 0.5) is 5.69 Å². The van der Waals surface area contributed by atoms with E-state index in [-0.39, 0.29) is 0 Å². The summed E-state index contributed by atoms with van der Waals surface area (Å²) in [6, 6.07) is 11.1. The molecular formula is C13H14N2O2. The fourth-order valence-corrected chi connectivity index (χ4v) is 1.47. The summed E-state index contributed by atoms with van der Waals surface area (Å²) in [5.74, 6) is 1.21. The molecule has 88 valence electrons. The average molecular weight is 230 g/mol. The Morgan fingerprint density at radius 1 is 1.24 bits per heavy atom. The average Bonchev–Trinajstić information content (AvgIpc) is 2.30. The fourth-order valence-electron chi connectivity index (χ4n) is 1.47. The van der Waals surface area contributed by atoms with Gasteiger partial charge in [0, 0.05) is 25.1 Å². The monoisotopic (exact) mass is 230 g/mol. The maximum atomic E-state index is 5.65. The van der Waals surface area contributed by atoms with Gasteiger partial charge in [-0.1, -0.05) is 12.1 Å². The summed E-state index contributed by atoms with van der Waals surface area (Å²) in [6.07, 6.45) is 1.61. The summed E-state index contributed by atoms with van der Waals surface area (Å²) in [6.45, 7) is 0.557. The van der Waals surface area contributed by atoms with E-state index in [0.717, 1.165) is 11.3 Å². The Bertz CT molecular complexity index is 500. The normalized spacial score (nSPS) is 10.2. The van der Waals surface area contributed by atoms with Gasteiger partial charge in [-0.05, 0) is 23.8 Å². The molecule has 0 bridgehead atoms. The van der Waals surface area contributed by atoms with Crippen LogP contribution in [0.3, 0.4) is 0 Å². The zero-order chi connectivity index (χ0) is 12.1. The molecule has 2 N–H and O–H groups in total. The number of ether oxygens (including phenoxy) is 2. The van der Waals surface area contributed by atoms with Crippen LogP contribution in [0.1, 0.15) is 5.56 Å². The summed E-state index contributed by atoms with van der Waals surface area (Å²) in [5.41, 5.74) is 7.33. The number of anilines is 1. The third kappa shape index (κ3) is 3.19. The van der Waals surface area contributed by atoms with Crippen molar-refractivity contribution in [3.05, 3.63) is 48.2 Å². The molecule has 0 saturated carbocycles. The minimum Gasteiger partial charge on any atom is -0.439 e. The molecule has 1 aromatic heterocycles. The molecule has 2 aromatic rings. The SMILES string of the molecule is COCc1cccc(Oc2cc(N)ccn2)c1. The zero-order valence-electron chi connectivity index (χ0n) is 9.59. The van der Waals surface area contributed by atoms with Crippen LogP contribution in [0, 0.1) is 0 Å². The number of pyridine rings is 1. The summed E-state index contributed by atoms with van der Waals surface area (Å²) < 4.78 is 10.7. The van der Waals surface area contributed by atoms with E-state index in [0.29, 0.717) is 18.2 Å². The molecule has 17 heavy (non-hydrogen) atoms. The van der Waals surface area contributed by atoms with Crippen molar-refractivity contribution in [2.75, 3.05) is 12.8 Å². The third-order valence-corrected chi connectivity index (χ3v) is 2.19. The number of nitrogens with zero attached hydrogens (tertiary/aromatic N) is 1. The molecule has 0 spiro atoms. The van der Waals surface area contributed by atoms with Crippen molar-refractivity contribution >= 4 is 5.69 Å². The van der Waals surface area contributed by atoms with Gasteiger partial charge in [0.05, 0.1) is 6.61 Å². The maximum absolute atomic E-state index is 5.65. The van der Waals surface area contributed by atoms with Gasteiger partial charge in [0.1, 0.15) is 5.75 Å². The number of benzene rings is 1. The summed E-state index contributed by atoms with van der Waals surface area (Å²) >= 11 is 0. The van der Waals surface area contributed by atoms with Gasteiger partial charge in [-0.25, -0.2) is 4.98 Å². The highest BCUT2D eigenvalue weighted by Crippen LogP contribution is 2.21. The van der Waals surface area contributed by atoms with Crippen LogP contribution in [0.5, 0.6) is 11.6 Å². The quantitative estimate of drug-likeness (QED) is 0.877. The van der Waals surface area contributed by atoms with Gasteiger partial charge in [-0.3, -0.25) is 0 Å². The van der Waals surface area contributed by atoms with E-state index >= 15 is 0 Å². The first-order chi connectivity index (χ1) is 8.28. The molecule has 2 rings (SSSR count). The first kappa shape index (κ1) is 11.4. The molecule has 0 aliphatic carbocycles. The number of rotatable bonds is 4. The number of methoxy groups -OCH3 is 1. The van der Waals surface area contributed by atoms with Gasteiger partial charge in [0.25, 0.3) is 0 Å². The number of nitrogen functional groups attached to an aromatic ring is 1. The van der Waals surface area contributed by atoms with E-state index in [1.807, 2.05) is 24.3 Å². The molecule has 0 atom stereocenters. The van der Waals surface area contributed by atoms with Crippen LogP contribution < -0.4 is 10.5 Å². The van der Waals surface area contributed by atoms with Crippen molar-refractivity contribution in [3.8, 4) is 11.6 Å². The first-order valence-corrected chi connectivity index (χ1v) is 5.25. The molecule has 0 radical (unpaired) electrons. The molecule has 0 unspecified atom stereocenters. The molecule has 4 nitrogen and oxygen atoms in total. The zero-order valence-corrected chi connectivity index (χ0v) is 9.59. The van der Waals surface area contributed by atoms with Gasteiger partial charge in [0.2, 0.25) is 5.88 Å². The van der Waals surface area contributed by atoms with E-state index in [4.69, 9.17) is 15.2 Å². The van der Waals surface area contributed by atoms with Gasteiger partial charge in [-0.2, -0.15) is 0 Å². The highest BCUT2D eigenvalue weighted by molar-refractivity contribution is 5.41. The molecule has 0 amide bonds. The van der Waals surface area contributed by atoms with Crippen LogP contribution in [0.25, 0.3) is 0 Å². The summed E-state index contributed by atoms with van der Waals surface area (Å²) in [7, 11) is 1.66. The number of aromatic nitrogens is 1. The number of nitrogens with two attached hydrogens (primary N) is 1. The van der Waals surface area contributed by atoms with Gasteiger partial charge >= 0.3 is 0 Å². The maximum Gasteiger partial charge on any atom is 0.221 e. The minimum absolute atomic E-state index is 0.486.